The molecule has 0 radical (unpaired) electrons. The number of methoxy groups -OCH3 is 1. The first-order valence-corrected chi connectivity index (χ1v) is 9.36. The van der Waals surface area contributed by atoms with E-state index in [1.54, 1.807) is 20.2 Å². The highest BCUT2D eigenvalue weighted by Gasteiger charge is 2.55. The molecule has 1 atom stereocenters. The molecule has 4 rings (SSSR count). The molecule has 1 amide bonds. The van der Waals surface area contributed by atoms with Gasteiger partial charge in [-0.05, 0) is 49.7 Å². The Morgan fingerprint density at radius 2 is 2.00 bits per heavy atom. The summed E-state index contributed by atoms with van der Waals surface area (Å²) in [4.78, 5) is 19.2. The summed E-state index contributed by atoms with van der Waals surface area (Å²) in [6.45, 7) is 3.89. The number of benzene rings is 2. The number of hydrogen-bond acceptors (Lipinski definition) is 5. The van der Waals surface area contributed by atoms with E-state index in [1.807, 2.05) is 44.2 Å². The van der Waals surface area contributed by atoms with E-state index in [0.29, 0.717) is 28.5 Å². The summed E-state index contributed by atoms with van der Waals surface area (Å²) in [5.41, 5.74) is 6.73. The Kier molecular flexibility index (Phi) is 4.08. The van der Waals surface area contributed by atoms with E-state index < -0.39 is 11.1 Å². The van der Waals surface area contributed by atoms with Gasteiger partial charge in [0.05, 0.1) is 7.11 Å². The van der Waals surface area contributed by atoms with Crippen molar-refractivity contribution in [3.8, 4) is 22.6 Å². The van der Waals surface area contributed by atoms with Crippen molar-refractivity contribution >= 4 is 23.5 Å². The first-order chi connectivity index (χ1) is 13.2. The van der Waals surface area contributed by atoms with E-state index in [2.05, 4.69) is 4.99 Å². The summed E-state index contributed by atoms with van der Waals surface area (Å²) in [6, 6.07) is 11.1. The van der Waals surface area contributed by atoms with Gasteiger partial charge in [0.1, 0.15) is 17.1 Å². The zero-order valence-corrected chi connectivity index (χ0v) is 17.0. The summed E-state index contributed by atoms with van der Waals surface area (Å²) in [7, 11) is 3.25. The SMILES string of the molecule is COc1ccc(Cl)cc1-c1ccc2c(c1)C1(CC(C)(C)O2)N=C(N)N(C)C1=O. The maximum absolute atomic E-state index is 13.2. The lowest BCUT2D eigenvalue weighted by Crippen LogP contribution is -2.49. The van der Waals surface area contributed by atoms with Gasteiger partial charge in [0.15, 0.2) is 11.5 Å². The Labute approximate surface area is 168 Å². The third-order valence-electron chi connectivity index (χ3n) is 5.27. The number of amides is 1. The minimum atomic E-state index is -1.10. The largest absolute Gasteiger partial charge is 0.496 e. The summed E-state index contributed by atoms with van der Waals surface area (Å²) in [5, 5.41) is 0.597. The lowest BCUT2D eigenvalue weighted by Gasteiger charge is -2.41. The second-order valence-electron chi connectivity index (χ2n) is 7.79. The molecule has 7 heteroatoms. The van der Waals surface area contributed by atoms with E-state index in [0.717, 1.165) is 11.1 Å². The van der Waals surface area contributed by atoms with Gasteiger partial charge in [0, 0.05) is 29.6 Å². The number of aliphatic imine (C=N–C) groups is 1. The molecule has 2 N–H and O–H groups in total. The van der Waals surface area contributed by atoms with Crippen LogP contribution >= 0.6 is 11.6 Å². The van der Waals surface area contributed by atoms with Crippen LogP contribution in [-0.4, -0.2) is 36.5 Å². The van der Waals surface area contributed by atoms with E-state index in [9.17, 15) is 4.79 Å². The number of rotatable bonds is 2. The number of nitrogens with two attached hydrogens (primary N) is 1. The molecule has 0 saturated carbocycles. The number of guanidine groups is 1. The zero-order valence-electron chi connectivity index (χ0n) is 16.2. The number of halogens is 1. The molecular weight excluding hydrogens is 378 g/mol. The topological polar surface area (TPSA) is 77.2 Å². The fraction of sp³-hybridized carbons (Fsp3) is 0.333. The monoisotopic (exact) mass is 399 g/mol. The predicted octanol–water partition coefficient (Wildman–Crippen LogP) is 3.56. The Morgan fingerprint density at radius 1 is 1.25 bits per heavy atom. The second kappa shape index (κ2) is 6.14. The molecule has 0 fully saturated rings. The standard InChI is InChI=1S/C21H22ClN3O3/c1-20(2)11-21(18(26)25(3)19(23)24-21)15-9-12(5-7-17(15)28-20)14-10-13(22)6-8-16(14)27-4/h5-10H,11H2,1-4H3,(H2,23,24). The van der Waals surface area contributed by atoms with Crippen LogP contribution in [0.5, 0.6) is 11.5 Å². The average molecular weight is 400 g/mol. The number of nitrogens with zero attached hydrogens (tertiary/aromatic N) is 2. The maximum Gasteiger partial charge on any atom is 0.261 e. The maximum atomic E-state index is 13.2. The summed E-state index contributed by atoms with van der Waals surface area (Å²) in [6.07, 6.45) is 0.396. The van der Waals surface area contributed by atoms with Gasteiger partial charge in [-0.3, -0.25) is 9.69 Å². The van der Waals surface area contributed by atoms with E-state index in [4.69, 9.17) is 26.8 Å². The molecule has 2 aromatic rings. The van der Waals surface area contributed by atoms with Crippen molar-refractivity contribution in [3.63, 3.8) is 0 Å². The molecular formula is C21H22ClN3O3. The van der Waals surface area contributed by atoms with Gasteiger partial charge in [0.2, 0.25) is 0 Å². The number of carbonyl (C=O) groups is 1. The number of fused-ring (bicyclic) bond motifs is 2. The lowest BCUT2D eigenvalue weighted by atomic mass is 9.77. The number of hydrogen-bond donors (Lipinski definition) is 1. The molecule has 146 valence electrons. The molecule has 0 aromatic heterocycles. The highest BCUT2D eigenvalue weighted by atomic mass is 35.5. The van der Waals surface area contributed by atoms with Crippen molar-refractivity contribution < 1.29 is 14.3 Å². The molecule has 1 unspecified atom stereocenters. The summed E-state index contributed by atoms with van der Waals surface area (Å²) in [5.74, 6) is 1.37. The van der Waals surface area contributed by atoms with Crippen LogP contribution in [0.1, 0.15) is 25.8 Å². The number of carbonyl (C=O) groups excluding carboxylic acids is 1. The molecule has 2 aromatic carbocycles. The number of ether oxygens (including phenoxy) is 2. The van der Waals surface area contributed by atoms with Crippen LogP contribution in [0.15, 0.2) is 41.4 Å². The van der Waals surface area contributed by atoms with Gasteiger partial charge in [-0.25, -0.2) is 4.99 Å². The fourth-order valence-electron chi connectivity index (χ4n) is 4.05. The highest BCUT2D eigenvalue weighted by Crippen LogP contribution is 2.50. The van der Waals surface area contributed by atoms with Gasteiger partial charge in [-0.2, -0.15) is 0 Å². The van der Waals surface area contributed by atoms with Crippen molar-refractivity contribution in [2.75, 3.05) is 14.2 Å². The van der Waals surface area contributed by atoms with Crippen LogP contribution in [0.3, 0.4) is 0 Å². The van der Waals surface area contributed by atoms with E-state index in [-0.39, 0.29) is 11.9 Å². The molecule has 2 aliphatic heterocycles. The molecule has 2 heterocycles. The lowest BCUT2D eigenvalue weighted by molar-refractivity contribution is -0.133. The van der Waals surface area contributed by atoms with Crippen molar-refractivity contribution in [1.29, 1.82) is 0 Å². The smallest absolute Gasteiger partial charge is 0.261 e. The molecule has 1 spiro atoms. The first kappa shape index (κ1) is 18.6. The Hall–Kier alpha value is -2.73. The minimum absolute atomic E-state index is 0.155. The van der Waals surface area contributed by atoms with Crippen LogP contribution in [0.4, 0.5) is 0 Å². The normalized spacial score (nSPS) is 22.7. The molecule has 0 saturated heterocycles. The van der Waals surface area contributed by atoms with Crippen LogP contribution in [-0.2, 0) is 10.3 Å². The van der Waals surface area contributed by atoms with Gasteiger partial charge in [-0.15, -0.1) is 0 Å². The highest BCUT2D eigenvalue weighted by molar-refractivity contribution is 6.31. The molecule has 28 heavy (non-hydrogen) atoms. The Bertz CT molecular complexity index is 1020. The molecule has 6 nitrogen and oxygen atoms in total. The van der Waals surface area contributed by atoms with Crippen molar-refractivity contribution in [2.45, 2.75) is 31.4 Å². The van der Waals surface area contributed by atoms with E-state index in [1.165, 1.54) is 4.90 Å². The first-order valence-electron chi connectivity index (χ1n) is 8.98. The van der Waals surface area contributed by atoms with E-state index >= 15 is 0 Å². The quantitative estimate of drug-likeness (QED) is 0.837. The Balaban J connectivity index is 1.95. The van der Waals surface area contributed by atoms with Gasteiger partial charge >= 0.3 is 0 Å². The number of likely N-dealkylation sites (N-methyl/N-ethyl adjacent to an activating group) is 1. The second-order valence-corrected chi connectivity index (χ2v) is 8.22. The average Bonchev–Trinajstić information content (AvgIpc) is 2.85. The predicted molar refractivity (Wildman–Crippen MR) is 109 cm³/mol. The van der Waals surface area contributed by atoms with Crippen LogP contribution in [0.2, 0.25) is 5.02 Å². The third-order valence-corrected chi connectivity index (χ3v) is 5.51. The van der Waals surface area contributed by atoms with Crippen molar-refractivity contribution in [1.82, 2.24) is 4.90 Å². The molecule has 0 aliphatic carbocycles. The zero-order chi connectivity index (χ0) is 20.3. The van der Waals surface area contributed by atoms with Crippen LogP contribution in [0, 0.1) is 0 Å². The summed E-state index contributed by atoms with van der Waals surface area (Å²) < 4.78 is 11.6. The van der Waals surface area contributed by atoms with Gasteiger partial charge in [-0.1, -0.05) is 17.7 Å². The molecule has 2 aliphatic rings. The fourth-order valence-corrected chi connectivity index (χ4v) is 4.22. The van der Waals surface area contributed by atoms with Crippen molar-refractivity contribution in [3.05, 3.63) is 47.0 Å². The minimum Gasteiger partial charge on any atom is -0.496 e. The third kappa shape index (κ3) is 2.71. The van der Waals surface area contributed by atoms with Gasteiger partial charge < -0.3 is 15.2 Å². The van der Waals surface area contributed by atoms with Crippen molar-refractivity contribution in [2.24, 2.45) is 10.7 Å². The molecule has 0 bridgehead atoms. The van der Waals surface area contributed by atoms with Crippen LogP contribution < -0.4 is 15.2 Å². The summed E-state index contributed by atoms with van der Waals surface area (Å²) >= 11 is 6.21. The van der Waals surface area contributed by atoms with Crippen LogP contribution in [0.25, 0.3) is 11.1 Å². The van der Waals surface area contributed by atoms with Gasteiger partial charge in [0.25, 0.3) is 5.91 Å². The Morgan fingerprint density at radius 3 is 2.64 bits per heavy atom.